The molecule has 1 saturated heterocycles. The Balaban J connectivity index is 2.41. The van der Waals surface area contributed by atoms with Gasteiger partial charge >= 0.3 is 6.03 Å². The number of imide groups is 1. The van der Waals surface area contributed by atoms with Gasteiger partial charge in [-0.2, -0.15) is 0 Å². The third kappa shape index (κ3) is 2.03. The molecule has 1 aliphatic rings. The Bertz CT molecular complexity index is 547. The molecule has 0 radical (unpaired) electrons. The van der Waals surface area contributed by atoms with E-state index in [1.807, 2.05) is 27.7 Å². The summed E-state index contributed by atoms with van der Waals surface area (Å²) < 4.78 is 5.08. The molecule has 0 unspecified atom stereocenters. The lowest BCUT2D eigenvalue weighted by atomic mass is 9.72. The van der Waals surface area contributed by atoms with Gasteiger partial charge in [-0.05, 0) is 52.0 Å². The maximum absolute atomic E-state index is 12.7. The zero-order valence-corrected chi connectivity index (χ0v) is 12.5. The van der Waals surface area contributed by atoms with Gasteiger partial charge in [-0.1, -0.05) is 0 Å². The Hall–Kier alpha value is -2.04. The summed E-state index contributed by atoms with van der Waals surface area (Å²) in [6.07, 6.45) is 0. The van der Waals surface area contributed by atoms with Crippen LogP contribution in [0.3, 0.4) is 0 Å². The van der Waals surface area contributed by atoms with Crippen LogP contribution in [0.4, 0.5) is 10.5 Å². The summed E-state index contributed by atoms with van der Waals surface area (Å²) in [7, 11) is 1.57. The van der Waals surface area contributed by atoms with Crippen molar-refractivity contribution in [2.45, 2.75) is 33.2 Å². The first kappa shape index (κ1) is 14.4. The van der Waals surface area contributed by atoms with E-state index >= 15 is 0 Å². The molecule has 1 N–H and O–H groups in total. The van der Waals surface area contributed by atoms with E-state index in [1.165, 1.54) is 4.90 Å². The van der Waals surface area contributed by atoms with Crippen LogP contribution in [0.15, 0.2) is 24.3 Å². The van der Waals surface area contributed by atoms with Crippen molar-refractivity contribution in [1.82, 2.24) is 5.32 Å². The molecular weight excluding hydrogens is 256 g/mol. The van der Waals surface area contributed by atoms with Crippen molar-refractivity contribution in [3.05, 3.63) is 24.3 Å². The SMILES string of the molecule is COc1ccc(N2C(=O)NC(C)(C)C(C)(C)C2=O)cc1. The largest absolute Gasteiger partial charge is 0.497 e. The summed E-state index contributed by atoms with van der Waals surface area (Å²) in [5.74, 6) is 0.467. The predicted molar refractivity (Wildman–Crippen MR) is 76.9 cm³/mol. The predicted octanol–water partition coefficient (Wildman–Crippen LogP) is 2.56. The number of urea groups is 1. The Labute approximate surface area is 118 Å². The second-order valence-corrected chi connectivity index (χ2v) is 6.02. The fourth-order valence-electron chi connectivity index (χ4n) is 2.08. The first-order valence-corrected chi connectivity index (χ1v) is 6.51. The molecule has 0 atom stereocenters. The Morgan fingerprint density at radius 3 is 2.10 bits per heavy atom. The normalized spacial score (nSPS) is 20.6. The minimum atomic E-state index is -0.694. The van der Waals surface area contributed by atoms with Gasteiger partial charge < -0.3 is 10.1 Å². The second-order valence-electron chi connectivity index (χ2n) is 6.02. The van der Waals surface area contributed by atoms with Gasteiger partial charge in [0.05, 0.1) is 23.8 Å². The van der Waals surface area contributed by atoms with E-state index in [4.69, 9.17) is 4.74 Å². The number of amides is 3. The Morgan fingerprint density at radius 2 is 1.60 bits per heavy atom. The molecule has 2 rings (SSSR count). The lowest BCUT2D eigenvalue weighted by Gasteiger charge is -2.48. The molecule has 0 saturated carbocycles. The summed E-state index contributed by atoms with van der Waals surface area (Å²) in [6.45, 7) is 7.39. The fraction of sp³-hybridized carbons (Fsp3) is 0.467. The van der Waals surface area contributed by atoms with Crippen LogP contribution in [-0.2, 0) is 4.79 Å². The van der Waals surface area contributed by atoms with Crippen LogP contribution < -0.4 is 15.0 Å². The highest BCUT2D eigenvalue weighted by Gasteiger charge is 2.52. The summed E-state index contributed by atoms with van der Waals surface area (Å²) in [6, 6.07) is 6.45. The molecule has 20 heavy (non-hydrogen) atoms. The molecule has 1 aromatic rings. The van der Waals surface area contributed by atoms with E-state index in [2.05, 4.69) is 5.32 Å². The van der Waals surface area contributed by atoms with Crippen LogP contribution >= 0.6 is 0 Å². The van der Waals surface area contributed by atoms with Gasteiger partial charge in [0.25, 0.3) is 0 Å². The van der Waals surface area contributed by atoms with Crippen LogP contribution in [-0.4, -0.2) is 24.6 Å². The van der Waals surface area contributed by atoms with Crippen LogP contribution in [0.2, 0.25) is 0 Å². The van der Waals surface area contributed by atoms with Gasteiger partial charge in [0.2, 0.25) is 5.91 Å². The van der Waals surface area contributed by atoms with Crippen LogP contribution in [0.25, 0.3) is 0 Å². The van der Waals surface area contributed by atoms with E-state index in [0.29, 0.717) is 11.4 Å². The van der Waals surface area contributed by atoms with Crippen LogP contribution in [0, 0.1) is 5.41 Å². The van der Waals surface area contributed by atoms with E-state index < -0.39 is 17.0 Å². The molecular formula is C15H20N2O3. The molecule has 1 heterocycles. The second kappa shape index (κ2) is 4.51. The van der Waals surface area contributed by atoms with Crippen molar-refractivity contribution in [2.24, 2.45) is 5.41 Å². The lowest BCUT2D eigenvalue weighted by Crippen LogP contribution is -2.69. The van der Waals surface area contributed by atoms with E-state index in [9.17, 15) is 9.59 Å². The minimum absolute atomic E-state index is 0.212. The molecule has 0 aliphatic carbocycles. The number of hydrogen-bond acceptors (Lipinski definition) is 3. The number of nitrogens with zero attached hydrogens (tertiary/aromatic N) is 1. The number of rotatable bonds is 2. The highest BCUT2D eigenvalue weighted by Crippen LogP contribution is 2.38. The Kier molecular flexibility index (Phi) is 3.24. The molecule has 1 aliphatic heterocycles. The average Bonchev–Trinajstić information content (AvgIpc) is 2.37. The smallest absolute Gasteiger partial charge is 0.329 e. The van der Waals surface area contributed by atoms with Crippen molar-refractivity contribution in [3.63, 3.8) is 0 Å². The number of ether oxygens (including phenoxy) is 1. The Morgan fingerprint density at radius 1 is 1.05 bits per heavy atom. The molecule has 0 aromatic heterocycles. The average molecular weight is 276 g/mol. The standard InChI is InChI=1S/C15H20N2O3/c1-14(2)12(18)17(13(19)16-15(14,3)4)10-6-8-11(20-5)9-7-10/h6-9H,1-5H3,(H,16,19). The van der Waals surface area contributed by atoms with Gasteiger partial charge in [-0.15, -0.1) is 0 Å². The van der Waals surface area contributed by atoms with Crippen molar-refractivity contribution in [1.29, 1.82) is 0 Å². The molecule has 5 heteroatoms. The molecule has 1 fully saturated rings. The summed E-state index contributed by atoms with van der Waals surface area (Å²) in [5, 5.41) is 2.89. The van der Waals surface area contributed by atoms with Gasteiger partial charge in [-0.3, -0.25) is 4.79 Å². The van der Waals surface area contributed by atoms with Gasteiger partial charge in [0.15, 0.2) is 0 Å². The summed E-state index contributed by atoms with van der Waals surface area (Å²) >= 11 is 0. The highest BCUT2D eigenvalue weighted by molar-refractivity contribution is 6.18. The van der Waals surface area contributed by atoms with Crippen molar-refractivity contribution >= 4 is 17.6 Å². The first-order chi connectivity index (χ1) is 9.20. The third-order valence-electron chi connectivity index (χ3n) is 4.25. The van der Waals surface area contributed by atoms with Crippen LogP contribution in [0.1, 0.15) is 27.7 Å². The molecule has 5 nitrogen and oxygen atoms in total. The maximum Gasteiger partial charge on any atom is 0.329 e. The quantitative estimate of drug-likeness (QED) is 0.903. The number of methoxy groups -OCH3 is 1. The minimum Gasteiger partial charge on any atom is -0.497 e. The molecule has 3 amide bonds. The van der Waals surface area contributed by atoms with Crippen molar-refractivity contribution in [3.8, 4) is 5.75 Å². The van der Waals surface area contributed by atoms with E-state index in [0.717, 1.165) is 0 Å². The fourth-order valence-corrected chi connectivity index (χ4v) is 2.08. The monoisotopic (exact) mass is 276 g/mol. The molecule has 1 aromatic carbocycles. The van der Waals surface area contributed by atoms with Crippen LogP contribution in [0.5, 0.6) is 5.75 Å². The van der Waals surface area contributed by atoms with Crippen molar-refractivity contribution < 1.29 is 14.3 Å². The summed E-state index contributed by atoms with van der Waals surface area (Å²) in [5.41, 5.74) is -0.748. The zero-order valence-electron chi connectivity index (χ0n) is 12.5. The maximum atomic E-state index is 12.7. The zero-order chi connectivity index (χ0) is 15.1. The number of anilines is 1. The number of benzene rings is 1. The van der Waals surface area contributed by atoms with E-state index in [1.54, 1.807) is 31.4 Å². The topological polar surface area (TPSA) is 58.6 Å². The van der Waals surface area contributed by atoms with Gasteiger partial charge in [0, 0.05) is 0 Å². The van der Waals surface area contributed by atoms with Gasteiger partial charge in [0.1, 0.15) is 5.75 Å². The third-order valence-corrected chi connectivity index (χ3v) is 4.25. The lowest BCUT2D eigenvalue weighted by molar-refractivity contribution is -0.130. The molecule has 108 valence electrons. The highest BCUT2D eigenvalue weighted by atomic mass is 16.5. The number of nitrogens with one attached hydrogen (secondary N) is 1. The summed E-state index contributed by atoms with van der Waals surface area (Å²) in [4.78, 5) is 26.1. The number of carbonyl (C=O) groups excluding carboxylic acids is 2. The molecule has 0 bridgehead atoms. The number of carbonyl (C=O) groups is 2. The molecule has 0 spiro atoms. The van der Waals surface area contributed by atoms with Crippen molar-refractivity contribution in [2.75, 3.05) is 12.0 Å². The van der Waals surface area contributed by atoms with E-state index in [-0.39, 0.29) is 5.91 Å². The number of hydrogen-bond donors (Lipinski definition) is 1. The van der Waals surface area contributed by atoms with Gasteiger partial charge in [-0.25, -0.2) is 9.69 Å². The first-order valence-electron chi connectivity index (χ1n) is 6.51.